The highest BCUT2D eigenvalue weighted by Crippen LogP contribution is 2.44. The van der Waals surface area contributed by atoms with Crippen LogP contribution in [0.5, 0.6) is 0 Å². The van der Waals surface area contributed by atoms with Gasteiger partial charge in [0.15, 0.2) is 0 Å². The lowest BCUT2D eigenvalue weighted by molar-refractivity contribution is -0.133. The molecular weight excluding hydrogens is 845 g/mol. The molecule has 7 atom stereocenters. The predicted molar refractivity (Wildman–Crippen MR) is 283 cm³/mol. The molecule has 0 bridgehead atoms. The number of hydrogen-bond acceptors (Lipinski definition) is 8. The number of ether oxygens (including phenoxy) is 1. The quantitative estimate of drug-likeness (QED) is 0.0582. The van der Waals surface area contributed by atoms with E-state index in [2.05, 4.69) is 111 Å². The second-order valence-electron chi connectivity index (χ2n) is 22.8. The van der Waals surface area contributed by atoms with Crippen molar-refractivity contribution in [3.63, 3.8) is 0 Å². The zero-order valence-electron chi connectivity index (χ0n) is 45.1. The second-order valence-corrected chi connectivity index (χ2v) is 22.8. The Bertz CT molecular complexity index is 1780. The lowest BCUT2D eigenvalue weighted by Gasteiger charge is -2.40. The van der Waals surface area contributed by atoms with Crippen LogP contribution in [0.4, 0.5) is 0 Å². The molecule has 68 heavy (non-hydrogen) atoms. The molecule has 384 valence electrons. The molecule has 10 nitrogen and oxygen atoms in total. The number of carbonyl (C=O) groups excluding carboxylic acids is 3. The molecule has 0 aromatic heterocycles. The van der Waals surface area contributed by atoms with Crippen LogP contribution >= 0.6 is 0 Å². The molecule has 2 saturated heterocycles. The van der Waals surface area contributed by atoms with Crippen LogP contribution < -0.4 is 16.0 Å². The lowest BCUT2D eigenvalue weighted by atomic mass is 9.79. The van der Waals surface area contributed by atoms with E-state index >= 15 is 0 Å². The maximum absolute atomic E-state index is 13.4. The van der Waals surface area contributed by atoms with Gasteiger partial charge in [-0.1, -0.05) is 98.3 Å². The van der Waals surface area contributed by atoms with Gasteiger partial charge in [-0.15, -0.1) is 0 Å². The van der Waals surface area contributed by atoms with Crippen LogP contribution in [0.25, 0.3) is 0 Å². The van der Waals surface area contributed by atoms with E-state index in [1.807, 2.05) is 13.8 Å². The van der Waals surface area contributed by atoms with Gasteiger partial charge in [0.25, 0.3) is 0 Å². The van der Waals surface area contributed by atoms with Crippen molar-refractivity contribution in [3.05, 3.63) is 47.3 Å². The number of carbonyl (C=O) groups is 3. The molecule has 3 fully saturated rings. The van der Waals surface area contributed by atoms with Gasteiger partial charge in [0, 0.05) is 61.1 Å². The number of Topliss-reactive ketones (excluding diaryl/α,β-unsaturated/α-hetero) is 1. The summed E-state index contributed by atoms with van der Waals surface area (Å²) in [5.41, 5.74) is 6.65. The van der Waals surface area contributed by atoms with E-state index in [4.69, 9.17) is 11.3 Å². The maximum Gasteiger partial charge on any atom is 0.249 e. The Labute approximate surface area is 415 Å². The van der Waals surface area contributed by atoms with Crippen molar-refractivity contribution in [2.75, 3.05) is 65.5 Å². The number of nitrogens with zero attached hydrogens (tertiary/aromatic N) is 3. The van der Waals surface area contributed by atoms with Gasteiger partial charge in [0.2, 0.25) is 11.8 Å². The summed E-state index contributed by atoms with van der Waals surface area (Å²) >= 11 is 0. The zero-order valence-corrected chi connectivity index (χ0v) is 45.1. The summed E-state index contributed by atoms with van der Waals surface area (Å²) in [6.07, 6.45) is 17.5. The molecule has 3 aliphatic heterocycles. The topological polar surface area (TPSA) is 106 Å². The standard InChI is InChI=1S/C58H98N6O4/c1-14-28-62(37-44(7)56(66)59-26-17-18-27-60-57(67)55(15-2)68-30-25-43(6)31-53-20-16-19-29-63(53)38-47(10)65)39-52-36-61-45(8)32-51(52)33-46(9)64-40-58(12,13)48(11)54(64)35-50(41(3)4)34-49-23-21-42(5)22-24-49/h35,42-45,49,51-53,55,61H,3,9,14-16,19-34,36-40H2,1-2,4-8,10-13H3,(H,59,66)(H,60,67)/b50-35-/t42?,43?,44-,45+,49?,51?,52?,53?,55-/m0/s1. The smallest absolute Gasteiger partial charge is 0.249 e. The fourth-order valence-corrected chi connectivity index (χ4v) is 11.4. The maximum atomic E-state index is 13.4. The Hall–Kier alpha value is -3.23. The molecule has 2 amide bonds. The highest BCUT2D eigenvalue weighted by molar-refractivity contribution is 5.81. The summed E-state index contributed by atoms with van der Waals surface area (Å²) in [6.45, 7) is 40.4. The molecule has 1 aliphatic carbocycles. The van der Waals surface area contributed by atoms with Gasteiger partial charge in [-0.05, 0) is 165 Å². The molecule has 3 heterocycles. The molecule has 0 radical (unpaired) electrons. The minimum atomic E-state index is -0.518. The Morgan fingerprint density at radius 3 is 2.31 bits per heavy atom. The Morgan fingerprint density at radius 1 is 0.971 bits per heavy atom. The van der Waals surface area contributed by atoms with Crippen LogP contribution in [0.3, 0.4) is 0 Å². The molecule has 0 aromatic carbocycles. The van der Waals surface area contributed by atoms with Crippen molar-refractivity contribution < 1.29 is 19.1 Å². The number of amides is 2. The van der Waals surface area contributed by atoms with Crippen molar-refractivity contribution in [1.29, 1.82) is 0 Å². The SMILES string of the molecule is C=C(C)/C(=C\C1=C(C)C(C)(C)CN1C(=C)CC1C[C@@H](C)NCC1CN(CCC)C[C@H](C)C(=O)NCC#CCNC(=O)[C@H](CC)OCCC(C)CC1CCCCN1CC(C)=O)CC1CCC(C)CC1. The molecular formula is C58H98N6O4. The van der Waals surface area contributed by atoms with Crippen LogP contribution in [0, 0.1) is 52.8 Å². The van der Waals surface area contributed by atoms with E-state index in [0.29, 0.717) is 56.0 Å². The Kier molecular flexibility index (Phi) is 24.1. The number of piperidine rings is 2. The van der Waals surface area contributed by atoms with Crippen molar-refractivity contribution >= 4 is 17.6 Å². The molecule has 10 heteroatoms. The summed E-state index contributed by atoms with van der Waals surface area (Å²) in [6, 6.07) is 0.898. The molecule has 4 unspecified atom stereocenters. The fourth-order valence-electron chi connectivity index (χ4n) is 11.4. The normalized spacial score (nSPS) is 25.9. The van der Waals surface area contributed by atoms with Crippen molar-refractivity contribution in [1.82, 2.24) is 30.7 Å². The molecule has 1 saturated carbocycles. The van der Waals surface area contributed by atoms with E-state index in [1.54, 1.807) is 6.92 Å². The number of likely N-dealkylation sites (tertiary alicyclic amines) is 1. The number of rotatable bonds is 26. The van der Waals surface area contributed by atoms with Crippen LogP contribution in [-0.4, -0.2) is 116 Å². The zero-order chi connectivity index (χ0) is 50.0. The highest BCUT2D eigenvalue weighted by Gasteiger charge is 2.38. The van der Waals surface area contributed by atoms with E-state index in [9.17, 15) is 14.4 Å². The monoisotopic (exact) mass is 943 g/mol. The summed E-state index contributed by atoms with van der Waals surface area (Å²) in [7, 11) is 0. The summed E-state index contributed by atoms with van der Waals surface area (Å²) < 4.78 is 6.04. The summed E-state index contributed by atoms with van der Waals surface area (Å²) in [4.78, 5) is 45.5. The molecule has 4 aliphatic rings. The number of nitrogens with one attached hydrogen (secondary N) is 3. The first-order valence-electron chi connectivity index (χ1n) is 27.2. The van der Waals surface area contributed by atoms with Gasteiger partial charge in [0.1, 0.15) is 11.9 Å². The minimum Gasteiger partial charge on any atom is -0.368 e. The van der Waals surface area contributed by atoms with Crippen molar-refractivity contribution in [3.8, 4) is 11.8 Å². The largest absolute Gasteiger partial charge is 0.368 e. The minimum absolute atomic E-state index is 0.0000416. The van der Waals surface area contributed by atoms with Crippen LogP contribution in [0.15, 0.2) is 47.3 Å². The molecule has 4 rings (SSSR count). The fraction of sp³-hybridized carbons (Fsp3) is 0.776. The number of allylic oxidation sites excluding steroid dienone is 4. The van der Waals surface area contributed by atoms with Crippen molar-refractivity contribution in [2.45, 2.75) is 184 Å². The average molecular weight is 943 g/mol. The first-order valence-corrected chi connectivity index (χ1v) is 27.2. The Morgan fingerprint density at radius 2 is 1.66 bits per heavy atom. The number of hydrogen-bond donors (Lipinski definition) is 3. The van der Waals surface area contributed by atoms with Crippen molar-refractivity contribution in [2.24, 2.45) is 40.9 Å². The van der Waals surface area contributed by atoms with Gasteiger partial charge in [0.05, 0.1) is 19.6 Å². The van der Waals surface area contributed by atoms with Crippen LogP contribution in [0.2, 0.25) is 0 Å². The highest BCUT2D eigenvalue weighted by atomic mass is 16.5. The molecule has 0 spiro atoms. The van der Waals surface area contributed by atoms with Gasteiger partial charge < -0.3 is 30.5 Å². The molecule has 3 N–H and O–H groups in total. The first-order chi connectivity index (χ1) is 32.3. The predicted octanol–water partition coefficient (Wildman–Crippen LogP) is 10.1. The van der Waals surface area contributed by atoms with Crippen LogP contribution in [0.1, 0.15) is 166 Å². The van der Waals surface area contributed by atoms with Gasteiger partial charge >= 0.3 is 0 Å². The van der Waals surface area contributed by atoms with E-state index < -0.39 is 6.10 Å². The van der Waals surface area contributed by atoms with E-state index in [1.165, 1.54) is 60.2 Å². The third-order valence-electron chi connectivity index (χ3n) is 16.0. The first kappa shape index (κ1) is 57.3. The molecule has 0 aromatic rings. The summed E-state index contributed by atoms with van der Waals surface area (Å²) in [5, 5.41) is 9.72. The lowest BCUT2D eigenvalue weighted by Crippen LogP contribution is -2.48. The van der Waals surface area contributed by atoms with E-state index in [0.717, 1.165) is 95.9 Å². The second kappa shape index (κ2) is 28.6. The average Bonchev–Trinajstić information content (AvgIpc) is 3.51. The Balaban J connectivity index is 1.24. The third kappa shape index (κ3) is 18.5. The van der Waals surface area contributed by atoms with Gasteiger partial charge in [-0.25, -0.2) is 0 Å². The number of ketones is 1. The van der Waals surface area contributed by atoms with Gasteiger partial charge in [-0.2, -0.15) is 0 Å². The van der Waals surface area contributed by atoms with E-state index in [-0.39, 0.29) is 42.0 Å². The van der Waals surface area contributed by atoms with Crippen LogP contribution in [-0.2, 0) is 19.1 Å². The summed E-state index contributed by atoms with van der Waals surface area (Å²) in [5.74, 6) is 8.90. The third-order valence-corrected chi connectivity index (χ3v) is 16.0. The van der Waals surface area contributed by atoms with Gasteiger partial charge in [-0.3, -0.25) is 19.3 Å².